The molecule has 4 amide bonds. The summed E-state index contributed by atoms with van der Waals surface area (Å²) in [4.78, 5) is 54.4. The van der Waals surface area contributed by atoms with Crippen molar-refractivity contribution in [1.29, 1.82) is 0 Å². The van der Waals surface area contributed by atoms with Crippen LogP contribution >= 0.6 is 0 Å². The first-order chi connectivity index (χ1) is 15.8. The first-order valence-electron chi connectivity index (χ1n) is 11.5. The first kappa shape index (κ1) is 30.4. The second-order valence-electron chi connectivity index (χ2n) is 10.8. The number of aliphatic hydroxyl groups is 1. The summed E-state index contributed by atoms with van der Waals surface area (Å²) in [6, 6.07) is -3.96. The number of nitrogens with one attached hydrogen (secondary N) is 2. The number of rotatable bonds is 8. The van der Waals surface area contributed by atoms with Crippen LogP contribution in [0.3, 0.4) is 0 Å². The Morgan fingerprint density at radius 3 is 2.20 bits per heavy atom. The van der Waals surface area contributed by atoms with Gasteiger partial charge in [0.25, 0.3) is 11.8 Å². The standard InChI is InChI=1S/C23H38F2N4O6/c1-9-10-13(15(30)18(32)26-8)27-17(31)14-11-23(24,25)12-29(14)19(33)16(21(2,3)4)28-20(34)35-22(5,6)7/h13-16,30H,8-12H2,1-7H3,(H,27,31)(H,28,34)/t13?,14-,15?,16+/m0/s1. The monoisotopic (exact) mass is 504 g/mol. The number of alkyl carbamates (subject to hydrolysis) is 1. The van der Waals surface area contributed by atoms with Gasteiger partial charge in [-0.2, -0.15) is 0 Å². The van der Waals surface area contributed by atoms with Crippen molar-refractivity contribution in [3.63, 3.8) is 0 Å². The number of likely N-dealkylation sites (tertiary alicyclic amines) is 1. The number of carbonyl (C=O) groups excluding carboxylic acids is 4. The number of nitrogens with zero attached hydrogens (tertiary/aromatic N) is 2. The van der Waals surface area contributed by atoms with Crippen molar-refractivity contribution in [1.82, 2.24) is 15.5 Å². The van der Waals surface area contributed by atoms with Gasteiger partial charge in [-0.1, -0.05) is 34.1 Å². The fourth-order valence-electron chi connectivity index (χ4n) is 3.69. The van der Waals surface area contributed by atoms with Crippen LogP contribution in [0.5, 0.6) is 0 Å². The zero-order chi connectivity index (χ0) is 27.4. The van der Waals surface area contributed by atoms with Gasteiger partial charge in [0.2, 0.25) is 11.8 Å². The molecule has 0 radical (unpaired) electrons. The number of carbonyl (C=O) groups is 4. The van der Waals surface area contributed by atoms with Crippen molar-refractivity contribution in [3.05, 3.63) is 0 Å². The van der Waals surface area contributed by atoms with Gasteiger partial charge in [0.05, 0.1) is 12.6 Å². The molecule has 4 atom stereocenters. The highest BCUT2D eigenvalue weighted by molar-refractivity contribution is 5.93. The predicted molar refractivity (Wildman–Crippen MR) is 125 cm³/mol. The molecule has 1 aliphatic heterocycles. The van der Waals surface area contributed by atoms with Crippen LogP contribution < -0.4 is 10.6 Å². The minimum atomic E-state index is -3.36. The molecule has 1 fully saturated rings. The highest BCUT2D eigenvalue weighted by Gasteiger charge is 2.52. The molecule has 2 unspecified atom stereocenters. The van der Waals surface area contributed by atoms with Crippen molar-refractivity contribution >= 4 is 30.5 Å². The van der Waals surface area contributed by atoms with Gasteiger partial charge in [-0.15, -0.1) is 0 Å². The van der Waals surface area contributed by atoms with Gasteiger partial charge in [-0.3, -0.25) is 14.4 Å². The highest BCUT2D eigenvalue weighted by Crippen LogP contribution is 2.34. The van der Waals surface area contributed by atoms with Crippen molar-refractivity contribution in [2.75, 3.05) is 6.54 Å². The SMILES string of the molecule is C=NC(=O)C(O)C(CCC)NC(=O)[C@@H]1CC(F)(F)CN1C(=O)[C@@H](NC(=O)OC(C)(C)C)C(C)(C)C. The van der Waals surface area contributed by atoms with E-state index in [1.807, 2.05) is 0 Å². The van der Waals surface area contributed by atoms with Crippen LogP contribution in [-0.2, 0) is 19.1 Å². The van der Waals surface area contributed by atoms with Gasteiger partial charge in [0.1, 0.15) is 17.7 Å². The third-order valence-electron chi connectivity index (χ3n) is 5.35. The van der Waals surface area contributed by atoms with E-state index in [0.717, 1.165) is 4.90 Å². The zero-order valence-electron chi connectivity index (χ0n) is 21.5. The molecule has 1 rings (SSSR count). The number of aliphatic imine (C=N–C) groups is 1. The Hall–Kier alpha value is -2.63. The van der Waals surface area contributed by atoms with Crippen LogP contribution in [0.1, 0.15) is 67.7 Å². The molecular weight excluding hydrogens is 466 g/mol. The molecule has 12 heteroatoms. The maximum absolute atomic E-state index is 14.4. The summed E-state index contributed by atoms with van der Waals surface area (Å²) < 4.78 is 34.1. The first-order valence-corrected chi connectivity index (χ1v) is 11.5. The minimum absolute atomic E-state index is 0.163. The Morgan fingerprint density at radius 1 is 1.17 bits per heavy atom. The molecular formula is C23H38F2N4O6. The topological polar surface area (TPSA) is 137 Å². The second kappa shape index (κ2) is 11.4. The molecule has 0 spiro atoms. The molecule has 0 aromatic carbocycles. The summed E-state index contributed by atoms with van der Waals surface area (Å²) in [7, 11) is 0. The molecule has 35 heavy (non-hydrogen) atoms. The number of aliphatic hydroxyl groups excluding tert-OH is 1. The van der Waals surface area contributed by atoms with E-state index in [4.69, 9.17) is 4.74 Å². The molecule has 0 saturated carbocycles. The maximum atomic E-state index is 14.4. The van der Waals surface area contributed by atoms with Crippen LogP contribution in [0.25, 0.3) is 0 Å². The van der Waals surface area contributed by atoms with Gasteiger partial charge in [0.15, 0.2) is 6.10 Å². The molecule has 0 aliphatic carbocycles. The number of alkyl halides is 2. The fraction of sp³-hybridized carbons (Fsp3) is 0.783. The number of halogens is 2. The van der Waals surface area contributed by atoms with E-state index < -0.39 is 77.9 Å². The summed E-state index contributed by atoms with van der Waals surface area (Å²) in [6.45, 7) is 13.6. The Bertz CT molecular complexity index is 822. The Morgan fingerprint density at radius 2 is 1.74 bits per heavy atom. The third kappa shape index (κ3) is 8.83. The molecule has 10 nitrogen and oxygen atoms in total. The number of hydrogen-bond donors (Lipinski definition) is 3. The summed E-state index contributed by atoms with van der Waals surface area (Å²) in [6.07, 6.45) is -2.94. The number of ether oxygens (including phenoxy) is 1. The highest BCUT2D eigenvalue weighted by atomic mass is 19.3. The Balaban J connectivity index is 3.21. The van der Waals surface area contributed by atoms with Gasteiger partial charge in [-0.05, 0) is 39.3 Å². The molecule has 200 valence electrons. The average Bonchev–Trinajstić information content (AvgIpc) is 3.03. The van der Waals surface area contributed by atoms with Crippen LogP contribution in [0.4, 0.5) is 13.6 Å². The molecule has 0 bridgehead atoms. The van der Waals surface area contributed by atoms with Crippen LogP contribution in [0, 0.1) is 5.41 Å². The molecule has 0 aromatic heterocycles. The van der Waals surface area contributed by atoms with E-state index in [2.05, 4.69) is 22.3 Å². The summed E-state index contributed by atoms with van der Waals surface area (Å²) >= 11 is 0. The fourth-order valence-corrected chi connectivity index (χ4v) is 3.69. The van der Waals surface area contributed by atoms with E-state index in [-0.39, 0.29) is 6.42 Å². The Kier molecular flexibility index (Phi) is 9.91. The lowest BCUT2D eigenvalue weighted by Gasteiger charge is -2.36. The maximum Gasteiger partial charge on any atom is 0.408 e. The summed E-state index contributed by atoms with van der Waals surface area (Å²) in [5.41, 5.74) is -1.76. The van der Waals surface area contributed by atoms with Crippen LogP contribution in [-0.4, -0.2) is 82.8 Å². The van der Waals surface area contributed by atoms with Crippen molar-refractivity contribution in [3.8, 4) is 0 Å². The van der Waals surface area contributed by atoms with Crippen LogP contribution in [0.2, 0.25) is 0 Å². The minimum Gasteiger partial charge on any atom is -0.444 e. The van der Waals surface area contributed by atoms with E-state index in [1.54, 1.807) is 48.5 Å². The number of amides is 4. The van der Waals surface area contributed by atoms with Crippen molar-refractivity contribution in [2.45, 2.75) is 103 Å². The van der Waals surface area contributed by atoms with Crippen molar-refractivity contribution < 1.29 is 37.8 Å². The summed E-state index contributed by atoms with van der Waals surface area (Å²) in [5, 5.41) is 15.0. The van der Waals surface area contributed by atoms with E-state index in [0.29, 0.717) is 6.42 Å². The van der Waals surface area contributed by atoms with Gasteiger partial charge < -0.3 is 25.4 Å². The lowest BCUT2D eigenvalue weighted by molar-refractivity contribution is -0.143. The molecule has 1 heterocycles. The average molecular weight is 505 g/mol. The molecule has 1 saturated heterocycles. The largest absolute Gasteiger partial charge is 0.444 e. The van der Waals surface area contributed by atoms with Gasteiger partial charge >= 0.3 is 6.09 Å². The zero-order valence-corrected chi connectivity index (χ0v) is 21.5. The van der Waals surface area contributed by atoms with E-state index in [1.165, 1.54) is 0 Å². The van der Waals surface area contributed by atoms with Gasteiger partial charge in [-0.25, -0.2) is 18.6 Å². The van der Waals surface area contributed by atoms with Gasteiger partial charge in [0, 0.05) is 6.42 Å². The molecule has 3 N–H and O–H groups in total. The van der Waals surface area contributed by atoms with E-state index in [9.17, 15) is 33.1 Å². The predicted octanol–water partition coefficient (Wildman–Crippen LogP) is 2.03. The summed E-state index contributed by atoms with van der Waals surface area (Å²) in [5.74, 6) is -6.15. The van der Waals surface area contributed by atoms with Crippen molar-refractivity contribution in [2.24, 2.45) is 10.4 Å². The van der Waals surface area contributed by atoms with Crippen LogP contribution in [0.15, 0.2) is 4.99 Å². The lowest BCUT2D eigenvalue weighted by Crippen LogP contribution is -2.59. The lowest BCUT2D eigenvalue weighted by atomic mass is 9.85. The third-order valence-corrected chi connectivity index (χ3v) is 5.35. The smallest absolute Gasteiger partial charge is 0.408 e. The number of hydrogen-bond acceptors (Lipinski definition) is 6. The Labute approximate surface area is 204 Å². The van der Waals surface area contributed by atoms with E-state index >= 15 is 0 Å². The second-order valence-corrected chi connectivity index (χ2v) is 10.8. The molecule has 0 aromatic rings. The molecule has 1 aliphatic rings. The quantitative estimate of drug-likeness (QED) is 0.433. The normalized spacial score (nSPS) is 20.4.